The monoisotopic (exact) mass is 437 g/mol. The quantitative estimate of drug-likeness (QED) is 0.329. The second-order valence-electron chi connectivity index (χ2n) is 7.74. The Morgan fingerprint density at radius 3 is 1.82 bits per heavy atom. The van der Waals surface area contributed by atoms with E-state index in [0.29, 0.717) is 30.2 Å². The Labute approximate surface area is 195 Å². The molecule has 0 aliphatic carbocycles. The van der Waals surface area contributed by atoms with Gasteiger partial charge < -0.3 is 14.4 Å². The molecule has 0 saturated carbocycles. The van der Waals surface area contributed by atoms with Gasteiger partial charge in [0.05, 0.1) is 14.2 Å². The van der Waals surface area contributed by atoms with E-state index in [0.717, 1.165) is 22.3 Å². The second kappa shape index (κ2) is 10.5. The average molecular weight is 438 g/mol. The molecular weight excluding hydrogens is 410 g/mol. The smallest absolute Gasteiger partial charge is 0.255 e. The highest BCUT2D eigenvalue weighted by Crippen LogP contribution is 2.35. The summed E-state index contributed by atoms with van der Waals surface area (Å²) in [5.41, 5.74) is 4.48. The standard InChI is InChI=1S/C29H27NO3/c1-32-24-17-18-26(28(19-24)33-2)25-15-9-10-16-27(25)29(31)30(20-22-11-5-3-6-12-22)21-23-13-7-4-8-14-23/h3-19H,20-21H2,1-2H3. The molecule has 1 amide bonds. The highest BCUT2D eigenvalue weighted by molar-refractivity contribution is 6.01. The van der Waals surface area contributed by atoms with Crippen LogP contribution in [0.3, 0.4) is 0 Å². The van der Waals surface area contributed by atoms with Crippen molar-refractivity contribution in [3.05, 3.63) is 120 Å². The van der Waals surface area contributed by atoms with E-state index in [1.807, 2.05) is 108 Å². The Hall–Kier alpha value is -4.05. The maximum absolute atomic E-state index is 13.9. The van der Waals surface area contributed by atoms with E-state index in [-0.39, 0.29) is 5.91 Å². The molecule has 0 fully saturated rings. The number of hydrogen-bond donors (Lipinski definition) is 0. The molecule has 0 aliphatic heterocycles. The zero-order valence-corrected chi connectivity index (χ0v) is 18.9. The molecule has 0 unspecified atom stereocenters. The molecule has 4 rings (SSSR count). The van der Waals surface area contributed by atoms with Gasteiger partial charge in [0.25, 0.3) is 5.91 Å². The molecule has 33 heavy (non-hydrogen) atoms. The summed E-state index contributed by atoms with van der Waals surface area (Å²) in [4.78, 5) is 15.8. The number of ether oxygens (including phenoxy) is 2. The average Bonchev–Trinajstić information content (AvgIpc) is 2.88. The lowest BCUT2D eigenvalue weighted by atomic mass is 9.97. The lowest BCUT2D eigenvalue weighted by Gasteiger charge is -2.25. The van der Waals surface area contributed by atoms with Gasteiger partial charge in [0, 0.05) is 30.3 Å². The van der Waals surface area contributed by atoms with Crippen LogP contribution in [0, 0.1) is 0 Å². The van der Waals surface area contributed by atoms with Crippen molar-refractivity contribution in [2.75, 3.05) is 14.2 Å². The van der Waals surface area contributed by atoms with Crippen LogP contribution in [-0.4, -0.2) is 25.0 Å². The maximum Gasteiger partial charge on any atom is 0.255 e. The minimum atomic E-state index is -0.0313. The van der Waals surface area contributed by atoms with Crippen LogP contribution in [0.15, 0.2) is 103 Å². The van der Waals surface area contributed by atoms with E-state index < -0.39 is 0 Å². The third-order valence-corrected chi connectivity index (χ3v) is 5.58. The number of nitrogens with zero attached hydrogens (tertiary/aromatic N) is 1. The Morgan fingerprint density at radius 2 is 1.24 bits per heavy atom. The topological polar surface area (TPSA) is 38.8 Å². The van der Waals surface area contributed by atoms with Gasteiger partial charge in [0.2, 0.25) is 0 Å². The molecule has 0 spiro atoms. The van der Waals surface area contributed by atoms with Gasteiger partial charge in [0.15, 0.2) is 0 Å². The van der Waals surface area contributed by atoms with Crippen LogP contribution in [0.2, 0.25) is 0 Å². The molecule has 4 heteroatoms. The summed E-state index contributed by atoms with van der Waals surface area (Å²) < 4.78 is 11.0. The molecular formula is C29H27NO3. The van der Waals surface area contributed by atoms with Gasteiger partial charge in [-0.15, -0.1) is 0 Å². The number of rotatable bonds is 8. The van der Waals surface area contributed by atoms with E-state index in [4.69, 9.17) is 9.47 Å². The molecule has 0 bridgehead atoms. The van der Waals surface area contributed by atoms with Gasteiger partial charge in [-0.2, -0.15) is 0 Å². The molecule has 4 aromatic rings. The van der Waals surface area contributed by atoms with Crippen LogP contribution in [0.5, 0.6) is 11.5 Å². The van der Waals surface area contributed by atoms with Gasteiger partial charge in [-0.25, -0.2) is 0 Å². The van der Waals surface area contributed by atoms with Crippen LogP contribution in [0.4, 0.5) is 0 Å². The molecule has 0 aliphatic rings. The highest BCUT2D eigenvalue weighted by atomic mass is 16.5. The molecule has 0 radical (unpaired) electrons. The predicted octanol–water partition coefficient (Wildman–Crippen LogP) is 6.21. The molecule has 0 atom stereocenters. The summed E-state index contributed by atoms with van der Waals surface area (Å²) in [5.74, 6) is 1.33. The van der Waals surface area contributed by atoms with Crippen molar-refractivity contribution in [2.24, 2.45) is 0 Å². The number of methoxy groups -OCH3 is 2. The minimum Gasteiger partial charge on any atom is -0.497 e. The summed E-state index contributed by atoms with van der Waals surface area (Å²) in [6.45, 7) is 1.03. The van der Waals surface area contributed by atoms with Crippen molar-refractivity contribution >= 4 is 5.91 Å². The second-order valence-corrected chi connectivity index (χ2v) is 7.74. The van der Waals surface area contributed by atoms with Crippen LogP contribution in [-0.2, 0) is 13.1 Å². The first-order valence-electron chi connectivity index (χ1n) is 10.9. The fourth-order valence-electron chi connectivity index (χ4n) is 3.90. The molecule has 0 saturated heterocycles. The van der Waals surface area contributed by atoms with Crippen molar-refractivity contribution in [3.63, 3.8) is 0 Å². The maximum atomic E-state index is 13.9. The van der Waals surface area contributed by atoms with Crippen molar-refractivity contribution in [2.45, 2.75) is 13.1 Å². The number of benzene rings is 4. The summed E-state index contributed by atoms with van der Waals surface area (Å²) in [6.07, 6.45) is 0. The first-order chi connectivity index (χ1) is 16.2. The van der Waals surface area contributed by atoms with E-state index in [2.05, 4.69) is 0 Å². The normalized spacial score (nSPS) is 10.5. The number of carbonyl (C=O) groups excluding carboxylic acids is 1. The molecule has 0 N–H and O–H groups in total. The van der Waals surface area contributed by atoms with Crippen LogP contribution in [0.25, 0.3) is 11.1 Å². The third-order valence-electron chi connectivity index (χ3n) is 5.58. The van der Waals surface area contributed by atoms with E-state index in [1.54, 1.807) is 14.2 Å². The van der Waals surface area contributed by atoms with Crippen LogP contribution >= 0.6 is 0 Å². The van der Waals surface area contributed by atoms with Crippen LogP contribution in [0.1, 0.15) is 21.5 Å². The van der Waals surface area contributed by atoms with E-state index in [1.165, 1.54) is 0 Å². The van der Waals surface area contributed by atoms with Crippen LogP contribution < -0.4 is 9.47 Å². The van der Waals surface area contributed by atoms with E-state index in [9.17, 15) is 4.79 Å². The highest BCUT2D eigenvalue weighted by Gasteiger charge is 2.22. The summed E-state index contributed by atoms with van der Waals surface area (Å²) in [5, 5.41) is 0. The molecule has 0 aromatic heterocycles. The minimum absolute atomic E-state index is 0.0313. The zero-order chi connectivity index (χ0) is 23.0. The lowest BCUT2D eigenvalue weighted by Crippen LogP contribution is -2.30. The Bertz CT molecular complexity index is 1160. The SMILES string of the molecule is COc1ccc(-c2ccccc2C(=O)N(Cc2ccccc2)Cc2ccccc2)c(OC)c1. The first kappa shape index (κ1) is 22.2. The fraction of sp³-hybridized carbons (Fsp3) is 0.138. The fourth-order valence-corrected chi connectivity index (χ4v) is 3.90. The Kier molecular flexibility index (Phi) is 7.06. The van der Waals surface area contributed by atoms with Gasteiger partial charge in [0.1, 0.15) is 11.5 Å². The summed E-state index contributed by atoms with van der Waals surface area (Å²) in [6, 6.07) is 33.5. The van der Waals surface area contributed by atoms with Crippen molar-refractivity contribution in [3.8, 4) is 22.6 Å². The lowest BCUT2D eigenvalue weighted by molar-refractivity contribution is 0.0731. The van der Waals surface area contributed by atoms with Crippen molar-refractivity contribution < 1.29 is 14.3 Å². The molecule has 0 heterocycles. The number of carbonyl (C=O) groups is 1. The van der Waals surface area contributed by atoms with E-state index >= 15 is 0 Å². The predicted molar refractivity (Wildman–Crippen MR) is 131 cm³/mol. The van der Waals surface area contributed by atoms with Crippen molar-refractivity contribution in [1.82, 2.24) is 4.90 Å². The zero-order valence-electron chi connectivity index (χ0n) is 18.9. The van der Waals surface area contributed by atoms with Gasteiger partial charge in [-0.3, -0.25) is 4.79 Å². The van der Waals surface area contributed by atoms with Gasteiger partial charge in [-0.1, -0.05) is 78.9 Å². The number of hydrogen-bond acceptors (Lipinski definition) is 3. The Morgan fingerprint density at radius 1 is 0.667 bits per heavy atom. The summed E-state index contributed by atoms with van der Waals surface area (Å²) in [7, 11) is 3.25. The van der Waals surface area contributed by atoms with Gasteiger partial charge >= 0.3 is 0 Å². The van der Waals surface area contributed by atoms with Gasteiger partial charge in [-0.05, 0) is 34.9 Å². The largest absolute Gasteiger partial charge is 0.497 e. The Balaban J connectivity index is 1.74. The third kappa shape index (κ3) is 5.24. The first-order valence-corrected chi connectivity index (χ1v) is 10.9. The molecule has 4 aromatic carbocycles. The molecule has 4 nitrogen and oxygen atoms in total. The molecule has 166 valence electrons. The van der Waals surface area contributed by atoms with Crippen molar-refractivity contribution in [1.29, 1.82) is 0 Å². The summed E-state index contributed by atoms with van der Waals surface area (Å²) >= 11 is 0. The number of amides is 1.